The number of halogens is 3. The molecule has 1 aromatic carbocycles. The van der Waals surface area contributed by atoms with E-state index in [-0.39, 0.29) is 5.02 Å². The van der Waals surface area contributed by atoms with Crippen LogP contribution in [0.25, 0.3) is 0 Å². The Labute approximate surface area is 103 Å². The molecule has 0 fully saturated rings. The number of rotatable bonds is 3. The largest absolute Gasteiger partial charge is 0.330 e. The molecule has 1 heterocycles. The second kappa shape index (κ2) is 4.85. The maximum Gasteiger partial charge on any atom is 0.142 e. The summed E-state index contributed by atoms with van der Waals surface area (Å²) < 4.78 is 15.1. The van der Waals surface area contributed by atoms with Crippen molar-refractivity contribution in [2.24, 2.45) is 0 Å². The fourth-order valence-corrected chi connectivity index (χ4v) is 1.79. The van der Waals surface area contributed by atoms with Crippen LogP contribution in [0, 0.1) is 5.82 Å². The smallest absolute Gasteiger partial charge is 0.142 e. The number of imidazole rings is 1. The molecule has 0 saturated carbocycles. The first-order valence-corrected chi connectivity index (χ1v) is 5.62. The zero-order valence-electron chi connectivity index (χ0n) is 8.33. The van der Waals surface area contributed by atoms with Gasteiger partial charge >= 0.3 is 0 Å². The number of alkyl halides is 1. The van der Waals surface area contributed by atoms with Gasteiger partial charge < -0.3 is 4.57 Å². The summed E-state index contributed by atoms with van der Waals surface area (Å²) in [5, 5.41) is 0.131. The molecule has 2 aromatic rings. The zero-order chi connectivity index (χ0) is 11.5. The Morgan fingerprint density at radius 1 is 1.38 bits per heavy atom. The van der Waals surface area contributed by atoms with Crippen LogP contribution in [0.5, 0.6) is 0 Å². The van der Waals surface area contributed by atoms with E-state index in [0.29, 0.717) is 12.4 Å². The fourth-order valence-electron chi connectivity index (χ4n) is 1.45. The van der Waals surface area contributed by atoms with E-state index in [1.165, 1.54) is 6.07 Å². The van der Waals surface area contributed by atoms with Crippen molar-refractivity contribution in [3.8, 4) is 0 Å². The van der Waals surface area contributed by atoms with Crippen LogP contribution in [0.1, 0.15) is 11.4 Å². The van der Waals surface area contributed by atoms with Gasteiger partial charge in [0.15, 0.2) is 0 Å². The second-order valence-electron chi connectivity index (χ2n) is 3.35. The molecule has 0 aliphatic heterocycles. The number of benzene rings is 1. The number of hydrogen-bond acceptors (Lipinski definition) is 1. The van der Waals surface area contributed by atoms with E-state index >= 15 is 0 Å². The van der Waals surface area contributed by atoms with Crippen molar-refractivity contribution in [2.45, 2.75) is 12.4 Å². The highest BCUT2D eigenvalue weighted by atomic mass is 35.5. The monoisotopic (exact) mass is 258 g/mol. The van der Waals surface area contributed by atoms with Gasteiger partial charge in [-0.2, -0.15) is 0 Å². The quantitative estimate of drug-likeness (QED) is 0.772. The van der Waals surface area contributed by atoms with Gasteiger partial charge in [0.1, 0.15) is 11.6 Å². The number of aromatic nitrogens is 2. The summed E-state index contributed by atoms with van der Waals surface area (Å²) in [4.78, 5) is 4.08. The molecule has 0 radical (unpaired) electrons. The van der Waals surface area contributed by atoms with E-state index in [9.17, 15) is 4.39 Å². The molecule has 5 heteroatoms. The summed E-state index contributed by atoms with van der Waals surface area (Å²) in [6.45, 7) is 0.538. The molecule has 0 N–H and O–H groups in total. The van der Waals surface area contributed by atoms with E-state index in [1.54, 1.807) is 18.3 Å². The van der Waals surface area contributed by atoms with Gasteiger partial charge in [-0.05, 0) is 17.7 Å². The van der Waals surface area contributed by atoms with Gasteiger partial charge in [0.2, 0.25) is 0 Å². The molecule has 0 aliphatic carbocycles. The Bertz CT molecular complexity index is 496. The molecule has 0 aliphatic rings. The predicted octanol–water partition coefficient (Wildman–Crippen LogP) is 3.46. The lowest BCUT2D eigenvalue weighted by Gasteiger charge is -2.06. The summed E-state index contributed by atoms with van der Waals surface area (Å²) in [6, 6.07) is 4.74. The van der Waals surface area contributed by atoms with Gasteiger partial charge in [0.05, 0.1) is 10.9 Å². The maximum absolute atomic E-state index is 13.2. The molecule has 84 valence electrons. The molecule has 0 spiro atoms. The Morgan fingerprint density at radius 2 is 2.19 bits per heavy atom. The third-order valence-electron chi connectivity index (χ3n) is 2.26. The van der Waals surface area contributed by atoms with Gasteiger partial charge in [-0.3, -0.25) is 0 Å². The van der Waals surface area contributed by atoms with Crippen LogP contribution in [0.15, 0.2) is 30.6 Å². The summed E-state index contributed by atoms with van der Waals surface area (Å²) in [5.41, 5.74) is 0.825. The molecule has 0 amide bonds. The van der Waals surface area contributed by atoms with Gasteiger partial charge in [-0.1, -0.05) is 17.7 Å². The Morgan fingerprint density at radius 3 is 2.88 bits per heavy atom. The van der Waals surface area contributed by atoms with E-state index in [0.717, 1.165) is 11.4 Å². The van der Waals surface area contributed by atoms with Crippen molar-refractivity contribution in [3.63, 3.8) is 0 Å². The van der Waals surface area contributed by atoms with Crippen LogP contribution in [-0.4, -0.2) is 9.55 Å². The fraction of sp³-hybridized carbons (Fsp3) is 0.182. The van der Waals surface area contributed by atoms with Crippen molar-refractivity contribution in [1.29, 1.82) is 0 Å². The van der Waals surface area contributed by atoms with Crippen molar-refractivity contribution in [3.05, 3.63) is 52.8 Å². The summed E-state index contributed by atoms with van der Waals surface area (Å²) in [5.74, 6) is 0.687. The molecule has 0 saturated heterocycles. The molecule has 0 atom stereocenters. The summed E-state index contributed by atoms with van der Waals surface area (Å²) >= 11 is 11.3. The molecule has 1 aromatic heterocycles. The first-order valence-electron chi connectivity index (χ1n) is 4.70. The Kier molecular flexibility index (Phi) is 3.46. The SMILES string of the molecule is Fc1cc(Cn2ccnc2CCl)ccc1Cl. The average Bonchev–Trinajstić information content (AvgIpc) is 2.71. The van der Waals surface area contributed by atoms with Gasteiger partial charge in [0.25, 0.3) is 0 Å². The summed E-state index contributed by atoms with van der Waals surface area (Å²) in [7, 11) is 0. The second-order valence-corrected chi connectivity index (χ2v) is 4.03. The van der Waals surface area contributed by atoms with Crippen molar-refractivity contribution < 1.29 is 4.39 Å². The minimum absolute atomic E-state index is 0.131. The van der Waals surface area contributed by atoms with E-state index in [2.05, 4.69) is 4.98 Å². The van der Waals surface area contributed by atoms with Crippen LogP contribution >= 0.6 is 23.2 Å². The minimum atomic E-state index is -0.410. The first kappa shape index (κ1) is 11.4. The third-order valence-corrected chi connectivity index (χ3v) is 2.80. The highest BCUT2D eigenvalue weighted by molar-refractivity contribution is 6.30. The normalized spacial score (nSPS) is 10.7. The lowest BCUT2D eigenvalue weighted by Crippen LogP contribution is -2.03. The maximum atomic E-state index is 13.2. The number of hydrogen-bond donors (Lipinski definition) is 0. The average molecular weight is 259 g/mol. The molecule has 0 unspecified atom stereocenters. The van der Waals surface area contributed by atoms with E-state index in [4.69, 9.17) is 23.2 Å². The van der Waals surface area contributed by atoms with Gasteiger partial charge in [-0.25, -0.2) is 9.37 Å². The topological polar surface area (TPSA) is 17.8 Å². The van der Waals surface area contributed by atoms with Gasteiger partial charge in [-0.15, -0.1) is 11.6 Å². The van der Waals surface area contributed by atoms with Crippen LogP contribution in [0.2, 0.25) is 5.02 Å². The highest BCUT2D eigenvalue weighted by Gasteiger charge is 2.04. The van der Waals surface area contributed by atoms with Crippen molar-refractivity contribution in [2.75, 3.05) is 0 Å². The Hall–Kier alpha value is -1.06. The van der Waals surface area contributed by atoms with Crippen LogP contribution in [0.4, 0.5) is 4.39 Å². The predicted molar refractivity (Wildman–Crippen MR) is 62.3 cm³/mol. The summed E-state index contributed by atoms with van der Waals surface area (Å²) in [6.07, 6.45) is 3.48. The molecular formula is C11H9Cl2FN2. The third kappa shape index (κ3) is 2.36. The lowest BCUT2D eigenvalue weighted by molar-refractivity contribution is 0.623. The minimum Gasteiger partial charge on any atom is -0.330 e. The van der Waals surface area contributed by atoms with Crippen LogP contribution in [-0.2, 0) is 12.4 Å². The van der Waals surface area contributed by atoms with Crippen molar-refractivity contribution >= 4 is 23.2 Å². The molecule has 2 nitrogen and oxygen atoms in total. The van der Waals surface area contributed by atoms with E-state index < -0.39 is 5.82 Å². The molecule has 16 heavy (non-hydrogen) atoms. The van der Waals surface area contributed by atoms with Crippen LogP contribution in [0.3, 0.4) is 0 Å². The highest BCUT2D eigenvalue weighted by Crippen LogP contribution is 2.16. The first-order chi connectivity index (χ1) is 7.70. The molecule has 2 rings (SSSR count). The molecular weight excluding hydrogens is 250 g/mol. The number of nitrogens with zero attached hydrogens (tertiary/aromatic N) is 2. The lowest BCUT2D eigenvalue weighted by atomic mass is 10.2. The van der Waals surface area contributed by atoms with Crippen molar-refractivity contribution in [1.82, 2.24) is 9.55 Å². The molecule has 0 bridgehead atoms. The van der Waals surface area contributed by atoms with E-state index in [1.807, 2.05) is 10.8 Å². The standard InChI is InChI=1S/C11H9Cl2FN2/c12-6-11-15-3-4-16(11)7-8-1-2-9(13)10(14)5-8/h1-5H,6-7H2. The zero-order valence-corrected chi connectivity index (χ0v) is 9.84. The van der Waals surface area contributed by atoms with Crippen LogP contribution < -0.4 is 0 Å². The van der Waals surface area contributed by atoms with Gasteiger partial charge in [0, 0.05) is 18.9 Å². The Balaban J connectivity index is 2.24.